The van der Waals surface area contributed by atoms with Crippen LogP contribution in [0.2, 0.25) is 0 Å². The van der Waals surface area contributed by atoms with E-state index in [0.717, 1.165) is 12.8 Å². The van der Waals surface area contributed by atoms with Gasteiger partial charge >= 0.3 is 0 Å². The number of hydrogen-bond donors (Lipinski definition) is 2. The van der Waals surface area contributed by atoms with Gasteiger partial charge in [0.25, 0.3) is 0 Å². The Hall–Kier alpha value is -1.14. The van der Waals surface area contributed by atoms with Gasteiger partial charge in [0.2, 0.25) is 10.0 Å². The first kappa shape index (κ1) is 12.3. The Bertz CT molecular complexity index is 481. The van der Waals surface area contributed by atoms with Crippen molar-refractivity contribution >= 4 is 15.7 Å². The van der Waals surface area contributed by atoms with Gasteiger partial charge in [0.15, 0.2) is 0 Å². The number of hydrogen-bond acceptors (Lipinski definition) is 4. The van der Waals surface area contributed by atoms with Gasteiger partial charge in [-0.2, -0.15) is 0 Å². The van der Waals surface area contributed by atoms with Crippen LogP contribution in [-0.2, 0) is 10.0 Å². The number of aromatic nitrogens is 1. The van der Waals surface area contributed by atoms with Gasteiger partial charge in [0.05, 0.1) is 5.69 Å². The SMILES string of the molecule is NS(=O)(=O)c1cnccc1NC1CCCCC1. The summed E-state index contributed by atoms with van der Waals surface area (Å²) in [6.45, 7) is 0. The van der Waals surface area contributed by atoms with Crippen LogP contribution in [0.1, 0.15) is 32.1 Å². The van der Waals surface area contributed by atoms with Crippen molar-refractivity contribution in [2.45, 2.75) is 43.0 Å². The molecule has 0 radical (unpaired) electrons. The Labute approximate surface area is 101 Å². The second kappa shape index (κ2) is 5.01. The fourth-order valence-electron chi connectivity index (χ4n) is 2.19. The molecule has 0 aromatic carbocycles. The minimum atomic E-state index is -3.71. The Morgan fingerprint density at radius 3 is 2.65 bits per heavy atom. The van der Waals surface area contributed by atoms with Crippen molar-refractivity contribution < 1.29 is 8.42 Å². The van der Waals surface area contributed by atoms with Gasteiger partial charge in [-0.15, -0.1) is 0 Å². The van der Waals surface area contributed by atoms with E-state index in [4.69, 9.17) is 5.14 Å². The van der Waals surface area contributed by atoms with Crippen LogP contribution >= 0.6 is 0 Å². The molecule has 17 heavy (non-hydrogen) atoms. The lowest BCUT2D eigenvalue weighted by Crippen LogP contribution is -2.24. The standard InChI is InChI=1S/C11H17N3O2S/c12-17(15,16)11-8-13-7-6-10(11)14-9-4-2-1-3-5-9/h6-9H,1-5H2,(H,13,14)(H2,12,15,16). The molecule has 2 rings (SSSR count). The fourth-order valence-corrected chi connectivity index (χ4v) is 2.83. The molecule has 1 aromatic heterocycles. The summed E-state index contributed by atoms with van der Waals surface area (Å²) in [5.74, 6) is 0. The molecule has 1 fully saturated rings. The third-order valence-electron chi connectivity index (χ3n) is 3.06. The number of anilines is 1. The maximum Gasteiger partial charge on any atom is 0.241 e. The quantitative estimate of drug-likeness (QED) is 0.856. The van der Waals surface area contributed by atoms with Crippen molar-refractivity contribution in [3.63, 3.8) is 0 Å². The van der Waals surface area contributed by atoms with Crippen molar-refractivity contribution in [3.05, 3.63) is 18.5 Å². The average molecular weight is 255 g/mol. The molecule has 0 saturated heterocycles. The molecule has 0 unspecified atom stereocenters. The molecule has 0 spiro atoms. The Kier molecular flexibility index (Phi) is 3.63. The summed E-state index contributed by atoms with van der Waals surface area (Å²) in [5, 5.41) is 8.41. The number of pyridine rings is 1. The third-order valence-corrected chi connectivity index (χ3v) is 3.99. The molecule has 5 nitrogen and oxygen atoms in total. The zero-order valence-electron chi connectivity index (χ0n) is 9.59. The van der Waals surface area contributed by atoms with Gasteiger partial charge in [-0.25, -0.2) is 13.6 Å². The van der Waals surface area contributed by atoms with E-state index >= 15 is 0 Å². The van der Waals surface area contributed by atoms with Crippen LogP contribution in [-0.4, -0.2) is 19.4 Å². The van der Waals surface area contributed by atoms with E-state index in [0.29, 0.717) is 11.7 Å². The van der Waals surface area contributed by atoms with E-state index in [1.54, 1.807) is 12.3 Å². The topological polar surface area (TPSA) is 85.1 Å². The van der Waals surface area contributed by atoms with Crippen molar-refractivity contribution in [2.75, 3.05) is 5.32 Å². The van der Waals surface area contributed by atoms with Gasteiger partial charge in [-0.3, -0.25) is 4.98 Å². The molecule has 1 aliphatic rings. The van der Waals surface area contributed by atoms with Crippen LogP contribution in [0, 0.1) is 0 Å². The summed E-state index contributed by atoms with van der Waals surface area (Å²) in [5.41, 5.74) is 0.564. The lowest BCUT2D eigenvalue weighted by molar-refractivity contribution is 0.462. The number of nitrogens with zero attached hydrogens (tertiary/aromatic N) is 1. The molecular formula is C11H17N3O2S. The first-order valence-corrected chi connectivity index (χ1v) is 7.35. The van der Waals surface area contributed by atoms with Gasteiger partial charge in [-0.05, 0) is 18.9 Å². The van der Waals surface area contributed by atoms with Crippen LogP contribution in [0.5, 0.6) is 0 Å². The first-order valence-electron chi connectivity index (χ1n) is 5.81. The molecule has 3 N–H and O–H groups in total. The fraction of sp³-hybridized carbons (Fsp3) is 0.545. The molecule has 1 aromatic rings. The summed E-state index contributed by atoms with van der Waals surface area (Å²) in [7, 11) is -3.71. The zero-order chi connectivity index (χ0) is 12.3. The van der Waals surface area contributed by atoms with Crippen LogP contribution in [0.15, 0.2) is 23.4 Å². The summed E-state index contributed by atoms with van der Waals surface area (Å²) >= 11 is 0. The molecule has 1 aliphatic carbocycles. The summed E-state index contributed by atoms with van der Waals surface area (Å²) in [4.78, 5) is 3.88. The van der Waals surface area contributed by atoms with E-state index in [-0.39, 0.29) is 4.90 Å². The first-order chi connectivity index (χ1) is 8.07. The maximum atomic E-state index is 11.4. The molecular weight excluding hydrogens is 238 g/mol. The molecule has 1 saturated carbocycles. The summed E-state index contributed by atoms with van der Waals surface area (Å²) < 4.78 is 22.8. The molecule has 0 atom stereocenters. The summed E-state index contributed by atoms with van der Waals surface area (Å²) in [6, 6.07) is 2.00. The minimum Gasteiger partial charge on any atom is -0.381 e. The van der Waals surface area contributed by atoms with E-state index in [9.17, 15) is 8.42 Å². The number of nitrogens with one attached hydrogen (secondary N) is 1. The van der Waals surface area contributed by atoms with Gasteiger partial charge in [0.1, 0.15) is 4.90 Å². The third kappa shape index (κ3) is 3.17. The van der Waals surface area contributed by atoms with E-state index in [2.05, 4.69) is 10.3 Å². The normalized spacial score (nSPS) is 17.9. The second-order valence-electron chi connectivity index (χ2n) is 4.40. The van der Waals surface area contributed by atoms with Gasteiger partial charge in [0, 0.05) is 18.4 Å². The average Bonchev–Trinajstić information content (AvgIpc) is 2.30. The highest BCUT2D eigenvalue weighted by atomic mass is 32.2. The highest BCUT2D eigenvalue weighted by Crippen LogP contribution is 2.24. The van der Waals surface area contributed by atoms with E-state index in [1.165, 1.54) is 25.5 Å². The second-order valence-corrected chi connectivity index (χ2v) is 5.93. The smallest absolute Gasteiger partial charge is 0.241 e. The monoisotopic (exact) mass is 255 g/mol. The van der Waals surface area contributed by atoms with Crippen molar-refractivity contribution in [1.29, 1.82) is 0 Å². The molecule has 94 valence electrons. The number of nitrogens with two attached hydrogens (primary N) is 1. The molecule has 0 amide bonds. The Morgan fingerprint density at radius 1 is 1.29 bits per heavy atom. The largest absolute Gasteiger partial charge is 0.381 e. The Morgan fingerprint density at radius 2 is 2.00 bits per heavy atom. The van der Waals surface area contributed by atoms with Crippen molar-refractivity contribution in [1.82, 2.24) is 4.98 Å². The molecule has 6 heteroatoms. The summed E-state index contributed by atoms with van der Waals surface area (Å²) in [6.07, 6.45) is 8.65. The molecule has 0 aliphatic heterocycles. The number of rotatable bonds is 3. The van der Waals surface area contributed by atoms with Gasteiger partial charge < -0.3 is 5.32 Å². The van der Waals surface area contributed by atoms with Crippen LogP contribution < -0.4 is 10.5 Å². The number of primary sulfonamides is 1. The van der Waals surface area contributed by atoms with Crippen molar-refractivity contribution in [3.8, 4) is 0 Å². The van der Waals surface area contributed by atoms with Gasteiger partial charge in [-0.1, -0.05) is 19.3 Å². The van der Waals surface area contributed by atoms with Crippen molar-refractivity contribution in [2.24, 2.45) is 5.14 Å². The predicted octanol–water partition coefficient (Wildman–Crippen LogP) is 1.47. The zero-order valence-corrected chi connectivity index (χ0v) is 10.4. The van der Waals surface area contributed by atoms with E-state index < -0.39 is 10.0 Å². The highest BCUT2D eigenvalue weighted by Gasteiger charge is 2.18. The van der Waals surface area contributed by atoms with Crippen LogP contribution in [0.3, 0.4) is 0 Å². The van der Waals surface area contributed by atoms with E-state index in [1.807, 2.05) is 0 Å². The van der Waals surface area contributed by atoms with Crippen LogP contribution in [0.25, 0.3) is 0 Å². The molecule has 1 heterocycles. The highest BCUT2D eigenvalue weighted by molar-refractivity contribution is 7.89. The number of sulfonamides is 1. The predicted molar refractivity (Wildman–Crippen MR) is 66.1 cm³/mol. The lowest BCUT2D eigenvalue weighted by Gasteiger charge is -2.24. The Balaban J connectivity index is 2.20. The maximum absolute atomic E-state index is 11.4. The van der Waals surface area contributed by atoms with Crippen LogP contribution in [0.4, 0.5) is 5.69 Å². The minimum absolute atomic E-state index is 0.0746. The molecule has 0 bridgehead atoms. The lowest BCUT2D eigenvalue weighted by atomic mass is 9.95.